The summed E-state index contributed by atoms with van der Waals surface area (Å²) in [6.45, 7) is 4.59. The Balaban J connectivity index is 1.76. The molecular formula is C17H24O. The SMILES string of the molecule is C=C1[C@H]2CCCC[C@@]23C=C[C@@H](O3)C12CCCCC2. The summed E-state index contributed by atoms with van der Waals surface area (Å²) in [6.07, 6.45) is 17.1. The smallest absolute Gasteiger partial charge is 0.0936 e. The van der Waals surface area contributed by atoms with E-state index in [0.29, 0.717) is 17.4 Å². The van der Waals surface area contributed by atoms with Gasteiger partial charge in [-0.2, -0.15) is 0 Å². The Labute approximate surface area is 110 Å². The van der Waals surface area contributed by atoms with Crippen LogP contribution < -0.4 is 0 Å². The zero-order chi connectivity index (χ0) is 12.2. The number of hydrogen-bond acceptors (Lipinski definition) is 1. The lowest BCUT2D eigenvalue weighted by Crippen LogP contribution is -2.54. The fourth-order valence-corrected chi connectivity index (χ4v) is 5.16. The first-order valence-corrected chi connectivity index (χ1v) is 7.83. The quantitative estimate of drug-likeness (QED) is 0.574. The Morgan fingerprint density at radius 1 is 1.06 bits per heavy atom. The highest BCUT2D eigenvalue weighted by atomic mass is 16.5. The van der Waals surface area contributed by atoms with E-state index in [1.807, 2.05) is 0 Å². The second-order valence-electron chi connectivity index (χ2n) is 6.89. The van der Waals surface area contributed by atoms with E-state index in [2.05, 4.69) is 18.7 Å². The van der Waals surface area contributed by atoms with Gasteiger partial charge in [0, 0.05) is 11.3 Å². The first-order valence-electron chi connectivity index (χ1n) is 7.83. The molecule has 2 heterocycles. The lowest BCUT2D eigenvalue weighted by Gasteiger charge is -2.55. The normalized spacial score (nSPS) is 45.2. The van der Waals surface area contributed by atoms with Gasteiger partial charge in [-0.1, -0.05) is 56.4 Å². The Morgan fingerprint density at radius 3 is 2.67 bits per heavy atom. The monoisotopic (exact) mass is 244 g/mol. The van der Waals surface area contributed by atoms with Crippen LogP contribution in [0.3, 0.4) is 0 Å². The van der Waals surface area contributed by atoms with E-state index in [1.54, 1.807) is 5.57 Å². The Bertz CT molecular complexity index is 402. The summed E-state index contributed by atoms with van der Waals surface area (Å²) in [6, 6.07) is 0. The van der Waals surface area contributed by atoms with Crippen LogP contribution in [0.4, 0.5) is 0 Å². The standard InChI is InChI=1S/C17H24O/c1-13-14-7-3-6-11-17(14)12-8-15(18-17)16(13)9-4-2-5-10-16/h8,12,14-15H,1-7,9-11H2/t14-,15-,17-/m1/s1. The number of rotatable bonds is 0. The third kappa shape index (κ3) is 1.27. The van der Waals surface area contributed by atoms with Crippen molar-refractivity contribution in [2.45, 2.75) is 69.5 Å². The van der Waals surface area contributed by atoms with E-state index < -0.39 is 0 Å². The average Bonchev–Trinajstić information content (AvgIpc) is 2.81. The van der Waals surface area contributed by atoms with E-state index in [0.717, 1.165) is 0 Å². The van der Waals surface area contributed by atoms with E-state index >= 15 is 0 Å². The maximum Gasteiger partial charge on any atom is 0.0936 e. The van der Waals surface area contributed by atoms with Crippen LogP contribution in [-0.4, -0.2) is 11.7 Å². The molecule has 18 heavy (non-hydrogen) atoms. The summed E-state index contributed by atoms with van der Waals surface area (Å²) in [4.78, 5) is 0. The molecule has 2 bridgehead atoms. The van der Waals surface area contributed by atoms with E-state index in [4.69, 9.17) is 4.74 Å². The van der Waals surface area contributed by atoms with Crippen LogP contribution in [0.1, 0.15) is 57.8 Å². The van der Waals surface area contributed by atoms with Crippen molar-refractivity contribution in [1.29, 1.82) is 0 Å². The minimum atomic E-state index is 0.0582. The van der Waals surface area contributed by atoms with Crippen LogP contribution in [0.15, 0.2) is 24.3 Å². The van der Waals surface area contributed by atoms with Crippen molar-refractivity contribution in [1.82, 2.24) is 0 Å². The first kappa shape index (κ1) is 11.3. The zero-order valence-corrected chi connectivity index (χ0v) is 11.3. The third-order valence-electron chi connectivity index (χ3n) is 6.15. The van der Waals surface area contributed by atoms with Gasteiger partial charge in [0.05, 0.1) is 11.7 Å². The van der Waals surface area contributed by atoms with Gasteiger partial charge in [-0.25, -0.2) is 0 Å². The molecule has 2 aliphatic carbocycles. The zero-order valence-electron chi connectivity index (χ0n) is 11.3. The third-order valence-corrected chi connectivity index (χ3v) is 6.15. The molecule has 3 fully saturated rings. The maximum atomic E-state index is 6.58. The van der Waals surface area contributed by atoms with Gasteiger partial charge in [-0.3, -0.25) is 0 Å². The molecule has 4 aliphatic rings. The van der Waals surface area contributed by atoms with E-state index in [-0.39, 0.29) is 5.60 Å². The van der Waals surface area contributed by atoms with Crippen LogP contribution in [0.25, 0.3) is 0 Å². The van der Waals surface area contributed by atoms with Crippen molar-refractivity contribution in [2.75, 3.05) is 0 Å². The Kier molecular flexibility index (Phi) is 2.33. The molecule has 1 nitrogen and oxygen atoms in total. The van der Waals surface area contributed by atoms with Crippen molar-refractivity contribution >= 4 is 0 Å². The molecule has 0 aromatic rings. The number of ether oxygens (including phenoxy) is 1. The van der Waals surface area contributed by atoms with Gasteiger partial charge in [0.2, 0.25) is 0 Å². The topological polar surface area (TPSA) is 9.23 Å². The van der Waals surface area contributed by atoms with Gasteiger partial charge < -0.3 is 4.74 Å². The second-order valence-corrected chi connectivity index (χ2v) is 6.89. The van der Waals surface area contributed by atoms with Gasteiger partial charge in [-0.05, 0) is 25.7 Å². The van der Waals surface area contributed by atoms with Crippen molar-refractivity contribution < 1.29 is 4.74 Å². The minimum absolute atomic E-state index is 0.0582. The van der Waals surface area contributed by atoms with Crippen molar-refractivity contribution in [3.63, 3.8) is 0 Å². The predicted molar refractivity (Wildman–Crippen MR) is 73.4 cm³/mol. The molecule has 2 aliphatic heterocycles. The van der Waals surface area contributed by atoms with Crippen LogP contribution >= 0.6 is 0 Å². The van der Waals surface area contributed by atoms with Crippen LogP contribution in [0, 0.1) is 11.3 Å². The highest BCUT2D eigenvalue weighted by Gasteiger charge is 2.59. The summed E-state index contributed by atoms with van der Waals surface area (Å²) >= 11 is 0. The summed E-state index contributed by atoms with van der Waals surface area (Å²) in [5.74, 6) is 0.611. The molecule has 0 unspecified atom stereocenters. The molecule has 2 saturated carbocycles. The predicted octanol–water partition coefficient (Wildman–Crippen LogP) is 4.39. The molecule has 0 aromatic heterocycles. The van der Waals surface area contributed by atoms with Crippen LogP contribution in [-0.2, 0) is 4.74 Å². The molecule has 1 saturated heterocycles. The average molecular weight is 244 g/mol. The molecule has 1 heteroatoms. The number of fused-ring (bicyclic) bond motifs is 2. The van der Waals surface area contributed by atoms with Gasteiger partial charge >= 0.3 is 0 Å². The molecular weight excluding hydrogens is 220 g/mol. The van der Waals surface area contributed by atoms with Gasteiger partial charge in [-0.15, -0.1) is 0 Å². The Morgan fingerprint density at radius 2 is 1.83 bits per heavy atom. The van der Waals surface area contributed by atoms with Gasteiger partial charge in [0.1, 0.15) is 0 Å². The molecule has 0 N–H and O–H groups in total. The fraction of sp³-hybridized carbons (Fsp3) is 0.765. The largest absolute Gasteiger partial charge is 0.362 e. The summed E-state index contributed by atoms with van der Waals surface area (Å²) in [5.41, 5.74) is 1.92. The molecule has 0 radical (unpaired) electrons. The number of hydrogen-bond donors (Lipinski definition) is 0. The molecule has 0 amide bonds. The molecule has 3 atom stereocenters. The first-order chi connectivity index (χ1) is 8.77. The van der Waals surface area contributed by atoms with Crippen molar-refractivity contribution in [3.8, 4) is 0 Å². The summed E-state index contributed by atoms with van der Waals surface area (Å²) < 4.78 is 6.58. The lowest BCUT2D eigenvalue weighted by atomic mass is 9.58. The molecule has 98 valence electrons. The molecule has 0 aromatic carbocycles. The molecule has 2 spiro atoms. The highest BCUT2D eigenvalue weighted by molar-refractivity contribution is 5.36. The van der Waals surface area contributed by atoms with Crippen molar-refractivity contribution in [2.24, 2.45) is 11.3 Å². The van der Waals surface area contributed by atoms with Gasteiger partial charge in [0.15, 0.2) is 0 Å². The fourth-order valence-electron chi connectivity index (χ4n) is 5.16. The van der Waals surface area contributed by atoms with E-state index in [9.17, 15) is 0 Å². The molecule has 4 rings (SSSR count). The summed E-state index contributed by atoms with van der Waals surface area (Å²) in [7, 11) is 0. The van der Waals surface area contributed by atoms with Crippen LogP contribution in [0.5, 0.6) is 0 Å². The van der Waals surface area contributed by atoms with E-state index in [1.165, 1.54) is 57.8 Å². The highest BCUT2D eigenvalue weighted by Crippen LogP contribution is 2.61. The van der Waals surface area contributed by atoms with Crippen LogP contribution in [0.2, 0.25) is 0 Å². The van der Waals surface area contributed by atoms with Crippen molar-refractivity contribution in [3.05, 3.63) is 24.3 Å². The van der Waals surface area contributed by atoms with Gasteiger partial charge in [0.25, 0.3) is 0 Å². The second kappa shape index (κ2) is 3.72. The summed E-state index contributed by atoms with van der Waals surface area (Å²) in [5, 5.41) is 0. The minimum Gasteiger partial charge on any atom is -0.362 e. The lowest BCUT2D eigenvalue weighted by molar-refractivity contribution is -0.151. The maximum absolute atomic E-state index is 6.58. The Hall–Kier alpha value is -0.560.